The van der Waals surface area contributed by atoms with Crippen LogP contribution in [-0.4, -0.2) is 13.0 Å². The van der Waals surface area contributed by atoms with E-state index >= 15 is 0 Å². The van der Waals surface area contributed by atoms with Crippen molar-refractivity contribution in [2.75, 3.05) is 0 Å². The third kappa shape index (κ3) is 10.2. The number of benzene rings is 1. The molecule has 56 valence electrons. The van der Waals surface area contributed by atoms with Crippen molar-refractivity contribution in [2.24, 2.45) is 0 Å². The third-order valence-corrected chi connectivity index (χ3v) is 0.667. The fourth-order valence-electron chi connectivity index (χ4n) is 0.385. The van der Waals surface area contributed by atoms with Crippen molar-refractivity contribution in [1.29, 1.82) is 0 Å². The van der Waals surface area contributed by atoms with E-state index < -0.39 is 11.0 Å². The predicted molar refractivity (Wildman–Crippen MR) is 39.4 cm³/mol. The van der Waals surface area contributed by atoms with Gasteiger partial charge >= 0.3 is 0 Å². The van der Waals surface area contributed by atoms with Crippen LogP contribution >= 0.6 is 0 Å². The van der Waals surface area contributed by atoms with Crippen molar-refractivity contribution in [3.05, 3.63) is 36.4 Å². The van der Waals surface area contributed by atoms with Crippen molar-refractivity contribution < 1.29 is 13.0 Å². The topological polar surface area (TPSA) is 54.4 Å². The molecule has 0 atom stereocenters. The Morgan fingerprint density at radius 3 is 1.00 bits per heavy atom. The zero-order valence-electron chi connectivity index (χ0n) is 5.18. The Morgan fingerprint density at radius 1 is 0.800 bits per heavy atom. The van der Waals surface area contributed by atoms with E-state index in [-0.39, 0.29) is 0 Å². The number of thiol groups is 1. The average Bonchev–Trinajstić information content (AvgIpc) is 1.90. The molecule has 0 bridgehead atoms. The molecule has 1 aromatic rings. The van der Waals surface area contributed by atoms with E-state index in [1.54, 1.807) is 0 Å². The summed E-state index contributed by atoms with van der Waals surface area (Å²) in [6.07, 6.45) is 0. The molecule has 3 nitrogen and oxygen atoms in total. The lowest BCUT2D eigenvalue weighted by atomic mass is 10.4. The van der Waals surface area contributed by atoms with Crippen LogP contribution in [0.25, 0.3) is 0 Å². The number of hydrogen-bond donors (Lipinski definition) is 2. The summed E-state index contributed by atoms with van der Waals surface area (Å²) < 4.78 is 24.2. The van der Waals surface area contributed by atoms with Crippen LogP contribution in [0.15, 0.2) is 36.4 Å². The molecule has 0 saturated carbocycles. The van der Waals surface area contributed by atoms with E-state index in [1.807, 2.05) is 36.4 Å². The molecule has 0 fully saturated rings. The van der Waals surface area contributed by atoms with Gasteiger partial charge in [0.15, 0.2) is 0 Å². The van der Waals surface area contributed by atoms with Crippen LogP contribution in [0.1, 0.15) is 0 Å². The molecule has 1 N–H and O–H groups in total. The second-order valence-electron chi connectivity index (χ2n) is 1.39. The molecule has 0 amide bonds. The maximum atomic E-state index is 8.59. The molecule has 0 heterocycles. The summed E-state index contributed by atoms with van der Waals surface area (Å²) in [5, 5.41) is 0. The number of rotatable bonds is 0. The van der Waals surface area contributed by atoms with Crippen LogP contribution in [0.5, 0.6) is 0 Å². The Kier molecular flexibility index (Phi) is 5.71. The smallest absolute Gasteiger partial charge is 0.254 e. The Hall–Kier alpha value is -0.870. The quantitative estimate of drug-likeness (QED) is 0.435. The lowest BCUT2D eigenvalue weighted by Gasteiger charge is -1.69. The molecule has 0 saturated heterocycles. The van der Waals surface area contributed by atoms with E-state index in [0.717, 1.165) is 0 Å². The molecule has 0 unspecified atom stereocenters. The van der Waals surface area contributed by atoms with Gasteiger partial charge in [0.2, 0.25) is 0 Å². The first kappa shape index (κ1) is 9.13. The fourth-order valence-corrected chi connectivity index (χ4v) is 0.385. The zero-order chi connectivity index (χ0) is 7.82. The first-order valence-electron chi connectivity index (χ1n) is 2.57. The Morgan fingerprint density at radius 2 is 0.900 bits per heavy atom. The summed E-state index contributed by atoms with van der Waals surface area (Å²) >= 11 is 0. The Balaban J connectivity index is 0.000000180. The van der Waals surface area contributed by atoms with E-state index in [1.165, 1.54) is 0 Å². The SMILES string of the molecule is O=[SH](=O)O.c1ccccc1. The van der Waals surface area contributed by atoms with Crippen LogP contribution in [0, 0.1) is 0 Å². The van der Waals surface area contributed by atoms with Gasteiger partial charge in [-0.05, 0) is 0 Å². The van der Waals surface area contributed by atoms with Crippen LogP contribution in [-0.2, 0) is 11.0 Å². The monoisotopic (exact) mass is 160 g/mol. The normalized spacial score (nSPS) is 8.20. The highest BCUT2D eigenvalue weighted by Gasteiger charge is 1.57. The van der Waals surface area contributed by atoms with Crippen molar-refractivity contribution in [2.45, 2.75) is 0 Å². The van der Waals surface area contributed by atoms with Crippen molar-refractivity contribution >= 4 is 11.0 Å². The molecule has 0 spiro atoms. The summed E-state index contributed by atoms with van der Waals surface area (Å²) in [7, 11) is -3.12. The highest BCUT2D eigenvalue weighted by Crippen LogP contribution is 1.79. The Bertz CT molecular complexity index is 183. The largest absolute Gasteiger partial charge is 0.288 e. The van der Waals surface area contributed by atoms with Gasteiger partial charge in [0.05, 0.1) is 0 Å². The first-order chi connectivity index (χ1) is 4.73. The molecule has 1 rings (SSSR count). The summed E-state index contributed by atoms with van der Waals surface area (Å²) in [5.41, 5.74) is 0. The minimum atomic E-state index is -3.12. The van der Waals surface area contributed by atoms with E-state index in [0.29, 0.717) is 0 Å². The maximum Gasteiger partial charge on any atom is 0.254 e. The van der Waals surface area contributed by atoms with Gasteiger partial charge in [-0.15, -0.1) is 0 Å². The molecule has 0 radical (unpaired) electrons. The lowest BCUT2D eigenvalue weighted by molar-refractivity contribution is 0.509. The lowest BCUT2D eigenvalue weighted by Crippen LogP contribution is -1.58. The highest BCUT2D eigenvalue weighted by atomic mass is 32.2. The van der Waals surface area contributed by atoms with Crippen LogP contribution < -0.4 is 0 Å². The van der Waals surface area contributed by atoms with E-state index in [2.05, 4.69) is 0 Å². The van der Waals surface area contributed by atoms with Gasteiger partial charge in [0.25, 0.3) is 11.0 Å². The highest BCUT2D eigenvalue weighted by molar-refractivity contribution is 7.66. The molecule has 4 heteroatoms. The van der Waals surface area contributed by atoms with Crippen molar-refractivity contribution in [3.63, 3.8) is 0 Å². The van der Waals surface area contributed by atoms with Gasteiger partial charge in [-0.3, -0.25) is 4.55 Å². The minimum Gasteiger partial charge on any atom is -0.288 e. The van der Waals surface area contributed by atoms with Gasteiger partial charge < -0.3 is 0 Å². The second-order valence-corrected chi connectivity index (χ2v) is 1.87. The average molecular weight is 160 g/mol. The van der Waals surface area contributed by atoms with Gasteiger partial charge in [0.1, 0.15) is 0 Å². The van der Waals surface area contributed by atoms with E-state index in [9.17, 15) is 0 Å². The van der Waals surface area contributed by atoms with Gasteiger partial charge in [-0.1, -0.05) is 36.4 Å². The first-order valence-corrected chi connectivity index (χ1v) is 3.70. The molecule has 0 aliphatic heterocycles. The molecular weight excluding hydrogens is 152 g/mol. The second kappa shape index (κ2) is 6.25. The van der Waals surface area contributed by atoms with Crippen molar-refractivity contribution in [1.82, 2.24) is 0 Å². The van der Waals surface area contributed by atoms with Crippen molar-refractivity contribution in [3.8, 4) is 0 Å². The van der Waals surface area contributed by atoms with Crippen LogP contribution in [0.4, 0.5) is 0 Å². The van der Waals surface area contributed by atoms with Crippen LogP contribution in [0.3, 0.4) is 0 Å². The molecule has 10 heavy (non-hydrogen) atoms. The summed E-state index contributed by atoms with van der Waals surface area (Å²) in [6.45, 7) is 0. The maximum absolute atomic E-state index is 8.59. The molecule has 0 aliphatic carbocycles. The summed E-state index contributed by atoms with van der Waals surface area (Å²) in [4.78, 5) is 0. The van der Waals surface area contributed by atoms with E-state index in [4.69, 9.17) is 13.0 Å². The molecule has 0 aliphatic rings. The molecule has 1 aromatic carbocycles. The Labute approximate surface area is 61.1 Å². The predicted octanol–water partition coefficient (Wildman–Crippen LogP) is 0.757. The fraction of sp³-hybridized carbons (Fsp3) is 0. The molecule has 0 aromatic heterocycles. The van der Waals surface area contributed by atoms with Gasteiger partial charge in [-0.2, -0.15) is 0 Å². The minimum absolute atomic E-state index is 2.00. The van der Waals surface area contributed by atoms with Gasteiger partial charge in [-0.25, -0.2) is 8.42 Å². The zero-order valence-corrected chi connectivity index (χ0v) is 6.07. The molecular formula is C6H8O3S. The standard InChI is InChI=1S/C6H6.H2O3S/c1-2-4-6-5-3-1;1-4(2)3/h1-6H;4H,(H,1,2,3). The summed E-state index contributed by atoms with van der Waals surface area (Å²) in [5.74, 6) is 0. The number of hydrogen-bond acceptors (Lipinski definition) is 2. The van der Waals surface area contributed by atoms with Crippen LogP contribution in [0.2, 0.25) is 0 Å². The third-order valence-electron chi connectivity index (χ3n) is 0.667. The summed E-state index contributed by atoms with van der Waals surface area (Å²) in [6, 6.07) is 12.0. The van der Waals surface area contributed by atoms with Gasteiger partial charge in [0, 0.05) is 0 Å².